The molecule has 117 heavy (non-hydrogen) atoms. The lowest BCUT2D eigenvalue weighted by atomic mass is 9.85. The van der Waals surface area contributed by atoms with Gasteiger partial charge in [-0.05, 0) is 165 Å². The number of carbonyl (C=O) groups excluding carboxylic acids is 4. The highest BCUT2D eigenvalue weighted by atomic mass is 32.2. The Labute approximate surface area is 704 Å². The topological polar surface area (TPSA) is 245 Å². The number of hydrogen-bond acceptors (Lipinski definition) is 22. The Balaban J connectivity index is 1.06. The molecule has 0 aliphatic carbocycles. The van der Waals surface area contributed by atoms with Crippen LogP contribution in [0.2, 0.25) is 0 Å². The molecule has 14 aromatic rings. The van der Waals surface area contributed by atoms with Gasteiger partial charge in [-0.1, -0.05) is 205 Å². The Morgan fingerprint density at radius 1 is 0.265 bits per heavy atom. The van der Waals surface area contributed by atoms with Crippen molar-refractivity contribution in [3.8, 4) is 123 Å². The first-order valence-corrected chi connectivity index (χ1v) is 44.4. The van der Waals surface area contributed by atoms with Crippen LogP contribution in [0.15, 0.2) is 181 Å². The molecule has 3 heterocycles. The fourth-order valence-corrected chi connectivity index (χ4v) is 20.2. The monoisotopic (exact) mass is 1670 g/mol. The minimum Gasteiger partial charge on any atom is -0.523 e. The SMILES string of the molecule is CC(=O)SCCCCc1c(O)c2c(c3ccccc13)-c1c(c(O)c(CCCCSC(C)=O)c3ccccc13)O[B]Oc1c(O)c(-c3cccs3)c3ccccc3c1-c1c(c(O)c(-c3cccs3)c3ccccc13)O[B]Oc1c(O)c(CCCCSC(C)=O)c3ccccc3c1-c1c(c(O)c(CCCCSC(C)=O)c3ccccc13)O[B]O2. The lowest BCUT2D eigenvalue weighted by molar-refractivity contribution is -0.109. The van der Waals surface area contributed by atoms with Crippen molar-refractivity contribution in [2.24, 2.45) is 0 Å². The van der Waals surface area contributed by atoms with Gasteiger partial charge in [0.25, 0.3) is 0 Å². The second-order valence-electron chi connectivity index (χ2n) is 28.4. The summed E-state index contributed by atoms with van der Waals surface area (Å²) >= 11 is 7.67. The summed E-state index contributed by atoms with van der Waals surface area (Å²) in [5, 5.41) is 92.4. The molecule has 1 aliphatic heterocycles. The fourth-order valence-electron chi connectivity index (χ4n) is 16.1. The van der Waals surface area contributed by atoms with E-state index >= 15 is 0 Å². The number of carbonyl (C=O) groups is 4. The number of phenolic OH excluding ortho intramolecular Hbond substituents is 6. The molecule has 1 aliphatic rings. The Bertz CT molecular complexity index is 5790. The minimum absolute atomic E-state index is 0.0168. The Morgan fingerprint density at radius 3 is 0.667 bits per heavy atom. The molecule has 0 fully saturated rings. The fraction of sp³-hybridized carbons (Fsp3) is 0.217. The number of phenols is 6. The van der Waals surface area contributed by atoms with E-state index in [4.69, 9.17) is 27.9 Å². The molecule has 0 spiro atoms. The number of fused-ring (bicyclic) bond motifs is 21. The van der Waals surface area contributed by atoms with Crippen molar-refractivity contribution >= 4 is 178 Å². The first-order chi connectivity index (χ1) is 57.0. The third-order valence-electron chi connectivity index (χ3n) is 21.1. The van der Waals surface area contributed by atoms with Gasteiger partial charge < -0.3 is 58.6 Å². The van der Waals surface area contributed by atoms with Gasteiger partial charge in [-0.15, -0.1) is 22.7 Å². The molecule has 0 saturated heterocycles. The number of rotatable bonds is 22. The maximum absolute atomic E-state index is 13.6. The molecule has 589 valence electrons. The van der Waals surface area contributed by atoms with E-state index in [1.54, 1.807) is 0 Å². The van der Waals surface area contributed by atoms with Gasteiger partial charge >= 0.3 is 23.1 Å². The van der Waals surface area contributed by atoms with Crippen LogP contribution < -0.4 is 27.9 Å². The normalized spacial score (nSPS) is 12.2. The van der Waals surface area contributed by atoms with E-state index in [1.165, 1.54) is 97.4 Å². The largest absolute Gasteiger partial charge is 0.658 e. The smallest absolute Gasteiger partial charge is 0.523 e. The molecule has 15 rings (SSSR count). The number of aryl methyl sites for hydroxylation is 4. The number of benzene rings is 12. The Kier molecular flexibility index (Phi) is 25.8. The molecule has 0 unspecified atom stereocenters. The van der Waals surface area contributed by atoms with Crippen LogP contribution in [0.3, 0.4) is 0 Å². The molecule has 0 amide bonds. The van der Waals surface area contributed by atoms with Crippen molar-refractivity contribution in [1.29, 1.82) is 0 Å². The molecule has 6 N–H and O–H groups in total. The van der Waals surface area contributed by atoms with Gasteiger partial charge in [-0.25, -0.2) is 0 Å². The van der Waals surface area contributed by atoms with E-state index in [0.717, 1.165) is 23.1 Å². The van der Waals surface area contributed by atoms with Crippen molar-refractivity contribution in [2.45, 2.75) is 105 Å². The molecular formula is C92H80B3O16S6. The van der Waals surface area contributed by atoms with Gasteiger partial charge in [-0.2, -0.15) is 0 Å². The Morgan fingerprint density at radius 2 is 0.462 bits per heavy atom. The average molecular weight is 1670 g/mol. The number of aromatic hydroxyl groups is 6. The van der Waals surface area contributed by atoms with Crippen molar-refractivity contribution < 1.29 is 77.7 Å². The summed E-state index contributed by atoms with van der Waals surface area (Å²) in [4.78, 5) is 50.5. The highest BCUT2D eigenvalue weighted by molar-refractivity contribution is 8.14. The number of hydrogen-bond donors (Lipinski definition) is 6. The third-order valence-corrected chi connectivity index (χ3v) is 26.4. The standard InChI is InChI=1S/C92H80B3O16S6/c1-51(96)112-45-21-17-39-67-55-27-5-9-31-59(55)75-77-61-33-11-7-29-57(61)69(41-19-23-47-114-53(3)98)83(102)89(77)108-94-110-91-79(65-37-15-13-35-63(65)73(85(91)104)71-43-25-49-116-71)80-66-38-16-14-36-64(66)74(72-44-26-50-117-72)86(105)92(80)111-95-109-90-78(62-34-12-8-30-58(62)70(84(90)103)42-20-24-48-115-54(4)99)76-60-32-10-6-28-56(60)68(40-18-22-46-113-52(2)97)82(101)88(76)107-93-106-87(75)81(67)100/h5-16,25-38,43-44,49-50,100-105H,17-24,39-42,45-48H2,1-4H3. The van der Waals surface area contributed by atoms with Gasteiger partial charge in [0.2, 0.25) is 0 Å². The van der Waals surface area contributed by atoms with Crippen molar-refractivity contribution in [2.75, 3.05) is 23.0 Å². The molecule has 2 aromatic heterocycles. The summed E-state index contributed by atoms with van der Waals surface area (Å²) in [6, 6.07) is 52.6. The summed E-state index contributed by atoms with van der Waals surface area (Å²) in [7, 11) is 3.10. The minimum atomic E-state index is -0.339. The zero-order valence-corrected chi connectivity index (χ0v) is 69.5. The molecule has 0 bridgehead atoms. The van der Waals surface area contributed by atoms with E-state index in [1.807, 2.05) is 181 Å². The van der Waals surface area contributed by atoms with Crippen LogP contribution in [0.25, 0.3) is 119 Å². The second-order valence-corrected chi connectivity index (χ2v) is 35.4. The molecule has 0 saturated carbocycles. The van der Waals surface area contributed by atoms with Crippen LogP contribution in [0.4, 0.5) is 0 Å². The summed E-state index contributed by atoms with van der Waals surface area (Å²) < 4.78 is 42.5. The van der Waals surface area contributed by atoms with Crippen LogP contribution in [-0.4, -0.2) is 97.2 Å². The first kappa shape index (κ1) is 81.6. The first-order valence-electron chi connectivity index (χ1n) is 38.7. The summed E-state index contributed by atoms with van der Waals surface area (Å²) in [5.41, 5.74) is 4.08. The predicted molar refractivity (Wildman–Crippen MR) is 483 cm³/mol. The average Bonchev–Trinajstić information content (AvgIpc) is 1.10. The van der Waals surface area contributed by atoms with Gasteiger partial charge in [0, 0.05) is 127 Å². The number of thiophene rings is 2. The van der Waals surface area contributed by atoms with Gasteiger partial charge in [0.15, 0.2) is 89.5 Å². The molecule has 25 heteroatoms. The number of unbranched alkanes of at least 4 members (excludes halogenated alkanes) is 4. The third kappa shape index (κ3) is 16.8. The van der Waals surface area contributed by atoms with Gasteiger partial charge in [0.1, 0.15) is 0 Å². The molecule has 12 aromatic carbocycles. The summed E-state index contributed by atoms with van der Waals surface area (Å²) in [6.45, 7) is 6.12. The van der Waals surface area contributed by atoms with Crippen molar-refractivity contribution in [3.05, 3.63) is 203 Å². The van der Waals surface area contributed by atoms with E-state index < -0.39 is 0 Å². The van der Waals surface area contributed by atoms with E-state index in [2.05, 4.69) is 0 Å². The lowest BCUT2D eigenvalue weighted by Gasteiger charge is -2.26. The highest BCUT2D eigenvalue weighted by Gasteiger charge is 2.37. The maximum Gasteiger partial charge on any atom is 0.658 e. The van der Waals surface area contributed by atoms with Crippen molar-refractivity contribution in [1.82, 2.24) is 0 Å². The van der Waals surface area contributed by atoms with Crippen molar-refractivity contribution in [3.63, 3.8) is 0 Å². The van der Waals surface area contributed by atoms with Crippen LogP contribution in [0, 0.1) is 0 Å². The zero-order chi connectivity index (χ0) is 81.4. The van der Waals surface area contributed by atoms with E-state index in [-0.39, 0.29) is 123 Å². The van der Waals surface area contributed by atoms with E-state index in [0.29, 0.717) is 208 Å². The lowest BCUT2D eigenvalue weighted by Crippen LogP contribution is -2.15. The number of thioether (sulfide) groups is 4. The van der Waals surface area contributed by atoms with Crippen LogP contribution in [0.5, 0.6) is 69.0 Å². The van der Waals surface area contributed by atoms with Gasteiger partial charge in [0.05, 0.1) is 0 Å². The highest BCUT2D eigenvalue weighted by Crippen LogP contribution is 2.61. The Hall–Kier alpha value is -10.5. The van der Waals surface area contributed by atoms with Gasteiger partial charge in [-0.3, -0.25) is 19.2 Å². The molecular weight excluding hydrogens is 1590 g/mol. The quantitative estimate of drug-likeness (QED) is 0.0273. The molecule has 0 atom stereocenters. The zero-order valence-electron chi connectivity index (χ0n) is 64.6. The summed E-state index contributed by atoms with van der Waals surface area (Å²) in [5.74, 6) is -0.749. The maximum atomic E-state index is 13.6. The predicted octanol–water partition coefficient (Wildman–Crippen LogP) is 23.0. The van der Waals surface area contributed by atoms with Crippen LogP contribution in [-0.2, 0) is 44.9 Å². The molecule has 3 radical (unpaired) electrons. The van der Waals surface area contributed by atoms with E-state index in [9.17, 15) is 49.8 Å². The second kappa shape index (κ2) is 37.0. The van der Waals surface area contributed by atoms with Crippen LogP contribution in [0.1, 0.15) is 101 Å². The van der Waals surface area contributed by atoms with Crippen LogP contribution >= 0.6 is 69.7 Å². The summed E-state index contributed by atoms with van der Waals surface area (Å²) in [6.07, 6.45) is 5.78. The molecule has 16 nitrogen and oxygen atoms in total.